The number of nitrogens with one attached hydrogen (secondary N) is 1. The summed E-state index contributed by atoms with van der Waals surface area (Å²) in [5, 5.41) is 0. The van der Waals surface area contributed by atoms with Crippen LogP contribution in [0.25, 0.3) is 0 Å². The molecule has 0 spiro atoms. The van der Waals surface area contributed by atoms with Gasteiger partial charge < -0.3 is 4.42 Å². The Bertz CT molecular complexity index is 750. The number of hydrogen-bond donors (Lipinski definition) is 1. The lowest BCUT2D eigenvalue weighted by atomic mass is 10.3. The Morgan fingerprint density at radius 3 is 2.48 bits per heavy atom. The van der Waals surface area contributed by atoms with Crippen molar-refractivity contribution < 1.29 is 21.6 Å². The first-order chi connectivity index (χ1) is 9.70. The van der Waals surface area contributed by atoms with E-state index in [2.05, 4.69) is 20.7 Å². The Morgan fingerprint density at radius 2 is 1.95 bits per heavy atom. The molecule has 1 heterocycles. The van der Waals surface area contributed by atoms with Crippen LogP contribution < -0.4 is 4.72 Å². The van der Waals surface area contributed by atoms with E-state index < -0.39 is 32.6 Å². The van der Waals surface area contributed by atoms with E-state index in [-0.39, 0.29) is 4.47 Å². The van der Waals surface area contributed by atoms with Crippen LogP contribution in [0.3, 0.4) is 0 Å². The minimum Gasteiger partial charge on any atom is -0.465 e. The fourth-order valence-electron chi connectivity index (χ4n) is 1.82. The zero-order chi connectivity index (χ0) is 15.8. The van der Waals surface area contributed by atoms with Crippen molar-refractivity contribution in [3.63, 3.8) is 0 Å². The number of hydrogen-bond acceptors (Lipinski definition) is 3. The summed E-state index contributed by atoms with van der Waals surface area (Å²) in [6, 6.07) is 4.02. The van der Waals surface area contributed by atoms with Crippen molar-refractivity contribution in [2.24, 2.45) is 0 Å². The van der Waals surface area contributed by atoms with E-state index in [0.29, 0.717) is 17.6 Å². The Morgan fingerprint density at radius 1 is 1.29 bits per heavy atom. The first-order valence-corrected chi connectivity index (χ1v) is 8.21. The van der Waals surface area contributed by atoms with Gasteiger partial charge in [0.2, 0.25) is 10.0 Å². The summed E-state index contributed by atoms with van der Waals surface area (Å²) in [5.41, 5.74) is 0. The summed E-state index contributed by atoms with van der Waals surface area (Å²) >= 11 is 2.86. The highest BCUT2D eigenvalue weighted by Crippen LogP contribution is 2.28. The number of furan rings is 1. The van der Waals surface area contributed by atoms with Gasteiger partial charge in [-0.05, 0) is 48.0 Å². The fourth-order valence-corrected chi connectivity index (χ4v) is 4.20. The maximum atomic E-state index is 13.8. The molecule has 21 heavy (non-hydrogen) atoms. The molecule has 8 heteroatoms. The Hall–Kier alpha value is -1.25. The highest BCUT2D eigenvalue weighted by Gasteiger charge is 2.26. The summed E-state index contributed by atoms with van der Waals surface area (Å²) in [6.45, 7) is 3.28. The number of halogens is 3. The molecule has 2 rings (SSSR count). The number of benzene rings is 1. The standard InChI is InChI=1S/C13H12BrF2NO3S/c1-7-3-4-12(20-7)8(2)17-21(18,19)13-10(14)5-9(15)6-11(13)16/h3-6,8,17H,1-2H3. The quantitative estimate of drug-likeness (QED) is 0.881. The van der Waals surface area contributed by atoms with E-state index in [9.17, 15) is 17.2 Å². The fraction of sp³-hybridized carbons (Fsp3) is 0.231. The minimum atomic E-state index is -4.18. The molecule has 1 aromatic heterocycles. The molecule has 0 saturated heterocycles. The second-order valence-corrected chi connectivity index (χ2v) is 7.00. The van der Waals surface area contributed by atoms with Crippen molar-refractivity contribution in [1.82, 2.24) is 4.72 Å². The van der Waals surface area contributed by atoms with Crippen molar-refractivity contribution >= 4 is 26.0 Å². The van der Waals surface area contributed by atoms with Crippen molar-refractivity contribution in [2.75, 3.05) is 0 Å². The molecule has 1 N–H and O–H groups in total. The van der Waals surface area contributed by atoms with Gasteiger partial charge in [-0.3, -0.25) is 0 Å². The third-order valence-corrected chi connectivity index (χ3v) is 5.26. The summed E-state index contributed by atoms with van der Waals surface area (Å²) in [7, 11) is -4.18. The van der Waals surface area contributed by atoms with Gasteiger partial charge in [-0.25, -0.2) is 21.9 Å². The third-order valence-electron chi connectivity index (χ3n) is 2.75. The SMILES string of the molecule is Cc1ccc(C(C)NS(=O)(=O)c2c(F)cc(F)cc2Br)o1. The van der Waals surface area contributed by atoms with Gasteiger partial charge in [0.05, 0.1) is 6.04 Å². The molecule has 1 atom stereocenters. The van der Waals surface area contributed by atoms with Gasteiger partial charge in [0.25, 0.3) is 0 Å². The van der Waals surface area contributed by atoms with Gasteiger partial charge in [-0.2, -0.15) is 0 Å². The van der Waals surface area contributed by atoms with Gasteiger partial charge in [0.15, 0.2) is 0 Å². The highest BCUT2D eigenvalue weighted by atomic mass is 79.9. The van der Waals surface area contributed by atoms with Gasteiger partial charge >= 0.3 is 0 Å². The molecule has 0 bridgehead atoms. The van der Waals surface area contributed by atoms with Crippen LogP contribution in [-0.4, -0.2) is 8.42 Å². The van der Waals surface area contributed by atoms with Gasteiger partial charge in [-0.1, -0.05) is 0 Å². The van der Waals surface area contributed by atoms with Crippen LogP contribution in [0.15, 0.2) is 38.1 Å². The van der Waals surface area contributed by atoms with Crippen molar-refractivity contribution in [1.29, 1.82) is 0 Å². The van der Waals surface area contributed by atoms with Gasteiger partial charge in [0.1, 0.15) is 28.1 Å². The average Bonchev–Trinajstić information content (AvgIpc) is 2.73. The predicted octanol–water partition coefficient (Wildman–Crippen LogP) is 3.67. The molecule has 4 nitrogen and oxygen atoms in total. The summed E-state index contributed by atoms with van der Waals surface area (Å²) in [5.74, 6) is -1.01. The van der Waals surface area contributed by atoms with Crippen LogP contribution in [0.4, 0.5) is 8.78 Å². The number of rotatable bonds is 4. The van der Waals surface area contributed by atoms with Gasteiger partial charge in [-0.15, -0.1) is 0 Å². The molecule has 0 aliphatic rings. The zero-order valence-electron chi connectivity index (χ0n) is 11.2. The molecule has 0 aliphatic heterocycles. The lowest BCUT2D eigenvalue weighted by molar-refractivity contribution is 0.440. The van der Waals surface area contributed by atoms with Crippen LogP contribution >= 0.6 is 15.9 Å². The van der Waals surface area contributed by atoms with E-state index in [0.717, 1.165) is 6.07 Å². The normalized spacial score (nSPS) is 13.4. The molecule has 0 fully saturated rings. The average molecular weight is 380 g/mol. The molecule has 0 radical (unpaired) electrons. The summed E-state index contributed by atoms with van der Waals surface area (Å²) in [6.07, 6.45) is 0. The van der Waals surface area contributed by atoms with Crippen LogP contribution in [0.1, 0.15) is 24.5 Å². The Kier molecular flexibility index (Phi) is 4.50. The molecule has 0 amide bonds. The van der Waals surface area contributed by atoms with E-state index in [4.69, 9.17) is 4.42 Å². The largest absolute Gasteiger partial charge is 0.465 e. The van der Waals surface area contributed by atoms with E-state index in [1.54, 1.807) is 26.0 Å². The molecule has 114 valence electrons. The van der Waals surface area contributed by atoms with Crippen LogP contribution in [0.5, 0.6) is 0 Å². The zero-order valence-corrected chi connectivity index (χ0v) is 13.6. The smallest absolute Gasteiger partial charge is 0.245 e. The summed E-state index contributed by atoms with van der Waals surface area (Å²) < 4.78 is 58.7. The molecule has 0 saturated carbocycles. The van der Waals surface area contributed by atoms with Crippen molar-refractivity contribution in [2.45, 2.75) is 24.8 Å². The first-order valence-electron chi connectivity index (χ1n) is 5.94. The van der Waals surface area contributed by atoms with Crippen molar-refractivity contribution in [3.8, 4) is 0 Å². The molecular weight excluding hydrogens is 368 g/mol. The van der Waals surface area contributed by atoms with Crippen LogP contribution in [-0.2, 0) is 10.0 Å². The van der Waals surface area contributed by atoms with E-state index >= 15 is 0 Å². The predicted molar refractivity (Wildman–Crippen MR) is 76.2 cm³/mol. The molecule has 1 aromatic carbocycles. The molecule has 2 aromatic rings. The topological polar surface area (TPSA) is 59.3 Å². The first kappa shape index (κ1) is 16.1. The number of sulfonamides is 1. The Labute approximate surface area is 129 Å². The van der Waals surface area contributed by atoms with Crippen LogP contribution in [0, 0.1) is 18.6 Å². The lowest BCUT2D eigenvalue weighted by Gasteiger charge is -2.14. The minimum absolute atomic E-state index is 0.185. The van der Waals surface area contributed by atoms with E-state index in [1.807, 2.05) is 0 Å². The third kappa shape index (κ3) is 3.50. The molecule has 1 unspecified atom stereocenters. The van der Waals surface area contributed by atoms with Crippen LogP contribution in [0.2, 0.25) is 0 Å². The monoisotopic (exact) mass is 379 g/mol. The highest BCUT2D eigenvalue weighted by molar-refractivity contribution is 9.10. The number of aryl methyl sites for hydroxylation is 1. The molecular formula is C13H12BrF2NO3S. The Balaban J connectivity index is 2.35. The van der Waals surface area contributed by atoms with Gasteiger partial charge in [0, 0.05) is 10.5 Å². The maximum Gasteiger partial charge on any atom is 0.245 e. The maximum absolute atomic E-state index is 13.8. The molecule has 0 aliphatic carbocycles. The second kappa shape index (κ2) is 5.86. The summed E-state index contributed by atoms with van der Waals surface area (Å²) in [4.78, 5) is -0.640. The van der Waals surface area contributed by atoms with Crippen molar-refractivity contribution in [3.05, 3.63) is 51.9 Å². The second-order valence-electron chi connectivity index (χ2n) is 4.49. The van der Waals surface area contributed by atoms with E-state index in [1.165, 1.54) is 0 Å². The lowest BCUT2D eigenvalue weighted by Crippen LogP contribution is -2.27.